The number of fused-ring (bicyclic) bond motifs is 1. The van der Waals surface area contributed by atoms with Gasteiger partial charge in [-0.15, -0.1) is 11.3 Å². The summed E-state index contributed by atoms with van der Waals surface area (Å²) in [5, 5.41) is 4.95. The molecule has 142 valence electrons. The molecule has 0 fully saturated rings. The van der Waals surface area contributed by atoms with Gasteiger partial charge in [-0.2, -0.15) is 0 Å². The highest BCUT2D eigenvalue weighted by molar-refractivity contribution is 9.10. The first-order valence-corrected chi connectivity index (χ1v) is 10.5. The number of benzene rings is 2. The van der Waals surface area contributed by atoms with Crippen LogP contribution in [-0.2, 0) is 13.1 Å². The molecule has 0 unspecified atom stereocenters. The summed E-state index contributed by atoms with van der Waals surface area (Å²) in [5.41, 5.74) is 4.66. The van der Waals surface area contributed by atoms with E-state index in [-0.39, 0.29) is 18.3 Å². The Kier molecular flexibility index (Phi) is 5.33. The number of carbonyl (C=O) groups is 1. The van der Waals surface area contributed by atoms with Crippen LogP contribution in [-0.4, -0.2) is 10.5 Å². The fourth-order valence-corrected chi connectivity index (χ4v) is 4.99. The van der Waals surface area contributed by atoms with E-state index in [2.05, 4.69) is 46.4 Å². The SMILES string of the molecule is Cc1cccc(Cn2c(C(=O)NCc3cccc(F)c3)cc3scc(Br)c32)c1. The molecule has 2 heterocycles. The molecule has 2 aromatic carbocycles. The lowest BCUT2D eigenvalue weighted by Gasteiger charge is -2.12. The molecule has 1 N–H and O–H groups in total. The zero-order valence-electron chi connectivity index (χ0n) is 15.2. The van der Waals surface area contributed by atoms with Gasteiger partial charge in [-0.1, -0.05) is 42.0 Å². The van der Waals surface area contributed by atoms with Gasteiger partial charge in [-0.3, -0.25) is 4.79 Å². The Hall–Kier alpha value is -2.44. The Morgan fingerprint density at radius 2 is 1.93 bits per heavy atom. The number of aromatic nitrogens is 1. The Balaban J connectivity index is 1.65. The topological polar surface area (TPSA) is 34.0 Å². The molecule has 2 aromatic heterocycles. The molecule has 1 amide bonds. The molecular weight excluding hydrogens is 439 g/mol. The minimum atomic E-state index is -0.306. The zero-order chi connectivity index (χ0) is 19.7. The molecule has 4 aromatic rings. The minimum Gasteiger partial charge on any atom is -0.347 e. The van der Waals surface area contributed by atoms with Gasteiger partial charge in [0, 0.05) is 18.5 Å². The molecule has 3 nitrogen and oxygen atoms in total. The summed E-state index contributed by atoms with van der Waals surface area (Å²) in [5.74, 6) is -0.480. The van der Waals surface area contributed by atoms with E-state index >= 15 is 0 Å². The first-order chi connectivity index (χ1) is 13.5. The smallest absolute Gasteiger partial charge is 0.268 e. The number of hydrogen-bond donors (Lipinski definition) is 1. The number of halogens is 2. The monoisotopic (exact) mass is 456 g/mol. The van der Waals surface area contributed by atoms with Gasteiger partial charge in [0.05, 0.1) is 14.7 Å². The second-order valence-corrected chi connectivity index (χ2v) is 8.48. The molecule has 0 aliphatic rings. The predicted octanol–water partition coefficient (Wildman–Crippen LogP) is 5.89. The van der Waals surface area contributed by atoms with Crippen molar-refractivity contribution in [3.63, 3.8) is 0 Å². The van der Waals surface area contributed by atoms with Crippen LogP contribution in [0.1, 0.15) is 27.2 Å². The number of nitrogens with zero attached hydrogens (tertiary/aromatic N) is 1. The molecule has 0 spiro atoms. The third-order valence-corrected chi connectivity index (χ3v) is 6.40. The molecular formula is C22H18BrFN2OS. The van der Waals surface area contributed by atoms with Crippen LogP contribution < -0.4 is 5.32 Å². The number of thiophene rings is 1. The molecule has 0 saturated carbocycles. The van der Waals surface area contributed by atoms with Gasteiger partial charge in [0.25, 0.3) is 5.91 Å². The van der Waals surface area contributed by atoms with Crippen LogP contribution in [0.4, 0.5) is 4.39 Å². The van der Waals surface area contributed by atoms with Crippen molar-refractivity contribution < 1.29 is 9.18 Å². The summed E-state index contributed by atoms with van der Waals surface area (Å²) in [6.07, 6.45) is 0. The molecule has 0 aliphatic carbocycles. The third kappa shape index (κ3) is 3.88. The van der Waals surface area contributed by atoms with E-state index < -0.39 is 0 Å². The maximum absolute atomic E-state index is 13.4. The fraction of sp³-hybridized carbons (Fsp3) is 0.136. The molecule has 6 heteroatoms. The van der Waals surface area contributed by atoms with Gasteiger partial charge in [0.1, 0.15) is 11.5 Å². The van der Waals surface area contributed by atoms with Crippen LogP contribution in [0.2, 0.25) is 0 Å². The van der Waals surface area contributed by atoms with Crippen LogP contribution in [0.3, 0.4) is 0 Å². The zero-order valence-corrected chi connectivity index (χ0v) is 17.6. The van der Waals surface area contributed by atoms with Crippen LogP contribution in [0.15, 0.2) is 64.5 Å². The van der Waals surface area contributed by atoms with E-state index in [0.717, 1.165) is 25.8 Å². The number of carbonyl (C=O) groups excluding carboxylic acids is 1. The van der Waals surface area contributed by atoms with E-state index in [1.807, 2.05) is 22.1 Å². The first-order valence-electron chi connectivity index (χ1n) is 8.85. The second-order valence-electron chi connectivity index (χ2n) is 6.71. The number of amides is 1. The van der Waals surface area contributed by atoms with Crippen LogP contribution in [0, 0.1) is 12.7 Å². The minimum absolute atomic E-state index is 0.174. The van der Waals surface area contributed by atoms with E-state index in [4.69, 9.17) is 0 Å². The average Bonchev–Trinajstić information content (AvgIpc) is 3.20. The summed E-state index contributed by atoms with van der Waals surface area (Å²) in [6.45, 7) is 2.94. The van der Waals surface area contributed by atoms with Gasteiger partial charge >= 0.3 is 0 Å². The summed E-state index contributed by atoms with van der Waals surface area (Å²) in [4.78, 5) is 12.9. The number of rotatable bonds is 5. The van der Waals surface area contributed by atoms with Gasteiger partial charge in [0.2, 0.25) is 0 Å². The van der Waals surface area contributed by atoms with Crippen molar-refractivity contribution in [1.82, 2.24) is 9.88 Å². The van der Waals surface area contributed by atoms with Crippen molar-refractivity contribution in [2.24, 2.45) is 0 Å². The Morgan fingerprint density at radius 1 is 1.14 bits per heavy atom. The highest BCUT2D eigenvalue weighted by Gasteiger charge is 2.19. The average molecular weight is 457 g/mol. The van der Waals surface area contributed by atoms with E-state index in [9.17, 15) is 9.18 Å². The van der Waals surface area contributed by atoms with E-state index in [1.54, 1.807) is 23.5 Å². The van der Waals surface area contributed by atoms with Crippen molar-refractivity contribution in [2.45, 2.75) is 20.0 Å². The highest BCUT2D eigenvalue weighted by atomic mass is 79.9. The van der Waals surface area contributed by atoms with Crippen LogP contribution in [0.5, 0.6) is 0 Å². The van der Waals surface area contributed by atoms with E-state index in [1.165, 1.54) is 17.7 Å². The lowest BCUT2D eigenvalue weighted by molar-refractivity contribution is 0.0942. The summed E-state index contributed by atoms with van der Waals surface area (Å²) >= 11 is 5.21. The predicted molar refractivity (Wildman–Crippen MR) is 115 cm³/mol. The number of hydrogen-bond acceptors (Lipinski definition) is 2. The Morgan fingerprint density at radius 3 is 2.71 bits per heavy atom. The largest absolute Gasteiger partial charge is 0.347 e. The van der Waals surface area contributed by atoms with Crippen LogP contribution >= 0.6 is 27.3 Å². The first kappa shape index (κ1) is 18.9. The normalized spacial score (nSPS) is 11.1. The van der Waals surface area contributed by atoms with Gasteiger partial charge in [-0.05, 0) is 52.2 Å². The lowest BCUT2D eigenvalue weighted by atomic mass is 10.1. The van der Waals surface area contributed by atoms with Crippen LogP contribution in [0.25, 0.3) is 10.2 Å². The highest BCUT2D eigenvalue weighted by Crippen LogP contribution is 2.34. The summed E-state index contributed by atoms with van der Waals surface area (Å²) in [6, 6.07) is 16.5. The molecule has 0 saturated heterocycles. The number of aryl methyl sites for hydroxylation is 1. The fourth-order valence-electron chi connectivity index (χ4n) is 3.30. The van der Waals surface area contributed by atoms with Crippen molar-refractivity contribution in [3.05, 3.63) is 92.7 Å². The maximum Gasteiger partial charge on any atom is 0.268 e. The second kappa shape index (κ2) is 7.89. The Bertz CT molecular complexity index is 1160. The standard InChI is InChI=1S/C22H18BrFN2OS/c1-14-4-2-6-16(8-14)12-26-19(10-20-21(26)18(23)13-28-20)22(27)25-11-15-5-3-7-17(24)9-15/h2-10,13H,11-12H2,1H3,(H,25,27). The molecule has 0 aliphatic heterocycles. The van der Waals surface area contributed by atoms with Gasteiger partial charge < -0.3 is 9.88 Å². The lowest BCUT2D eigenvalue weighted by Crippen LogP contribution is -2.25. The quantitative estimate of drug-likeness (QED) is 0.398. The van der Waals surface area contributed by atoms with Crippen molar-refractivity contribution in [2.75, 3.05) is 0 Å². The Labute approximate surface area is 174 Å². The molecule has 28 heavy (non-hydrogen) atoms. The molecule has 4 rings (SSSR count). The molecule has 0 radical (unpaired) electrons. The van der Waals surface area contributed by atoms with Crippen molar-refractivity contribution in [3.8, 4) is 0 Å². The number of nitrogens with one attached hydrogen (secondary N) is 1. The van der Waals surface area contributed by atoms with Crippen molar-refractivity contribution in [1.29, 1.82) is 0 Å². The molecule has 0 atom stereocenters. The third-order valence-electron chi connectivity index (χ3n) is 4.58. The van der Waals surface area contributed by atoms with Gasteiger partial charge in [-0.25, -0.2) is 4.39 Å². The maximum atomic E-state index is 13.4. The van der Waals surface area contributed by atoms with Crippen molar-refractivity contribution >= 4 is 43.4 Å². The summed E-state index contributed by atoms with van der Waals surface area (Å²) < 4.78 is 17.4. The van der Waals surface area contributed by atoms with E-state index in [0.29, 0.717) is 12.2 Å². The molecule has 0 bridgehead atoms. The summed E-state index contributed by atoms with van der Waals surface area (Å²) in [7, 11) is 0. The van der Waals surface area contributed by atoms with Gasteiger partial charge in [0.15, 0.2) is 0 Å².